The maximum atomic E-state index is 4.97. The molecule has 1 saturated carbocycles. The molecule has 0 spiro atoms. The number of thiophene rings is 1. The molecule has 1 aliphatic rings. The zero-order chi connectivity index (χ0) is 14.5. The molecule has 112 valence electrons. The second-order valence-electron chi connectivity index (χ2n) is 5.25. The summed E-state index contributed by atoms with van der Waals surface area (Å²) >= 11 is 3.45. The van der Waals surface area contributed by atoms with Crippen molar-refractivity contribution in [2.45, 2.75) is 45.4 Å². The lowest BCUT2D eigenvalue weighted by molar-refractivity contribution is 0.702. The van der Waals surface area contributed by atoms with Crippen LogP contribution in [0, 0.1) is 0 Å². The number of thiazole rings is 1. The van der Waals surface area contributed by atoms with Crippen molar-refractivity contribution in [3.8, 4) is 10.6 Å². The highest BCUT2D eigenvalue weighted by Gasteiger charge is 2.11. The monoisotopic (exact) mass is 319 g/mol. The van der Waals surface area contributed by atoms with Crippen LogP contribution in [-0.2, 0) is 0 Å². The van der Waals surface area contributed by atoms with Crippen molar-refractivity contribution < 1.29 is 0 Å². The van der Waals surface area contributed by atoms with Gasteiger partial charge in [0.2, 0.25) is 4.80 Å². The van der Waals surface area contributed by atoms with Gasteiger partial charge in [-0.15, -0.1) is 22.7 Å². The van der Waals surface area contributed by atoms with Gasteiger partial charge in [-0.25, -0.2) is 4.68 Å². The van der Waals surface area contributed by atoms with E-state index in [-0.39, 0.29) is 0 Å². The van der Waals surface area contributed by atoms with Gasteiger partial charge < -0.3 is 0 Å². The fourth-order valence-electron chi connectivity index (χ4n) is 2.61. The topological polar surface area (TPSA) is 29.6 Å². The molecular weight excluding hydrogens is 298 g/mol. The summed E-state index contributed by atoms with van der Waals surface area (Å²) in [6, 6.07) is 4.25. The van der Waals surface area contributed by atoms with Crippen LogP contribution in [0.5, 0.6) is 0 Å². The summed E-state index contributed by atoms with van der Waals surface area (Å²) in [6.45, 7) is 2.88. The van der Waals surface area contributed by atoms with Gasteiger partial charge in [-0.1, -0.05) is 18.9 Å². The first-order valence-corrected chi connectivity index (χ1v) is 9.46. The Morgan fingerprint density at radius 1 is 1.14 bits per heavy atom. The first kappa shape index (κ1) is 14.7. The normalized spacial score (nSPS) is 17.0. The fraction of sp³-hybridized carbons (Fsp3) is 0.500. The highest BCUT2D eigenvalue weighted by Crippen LogP contribution is 2.25. The summed E-state index contributed by atoms with van der Waals surface area (Å²) in [6.07, 6.45) is 7.52. The zero-order valence-electron chi connectivity index (χ0n) is 12.4. The highest BCUT2D eigenvalue weighted by atomic mass is 32.1. The van der Waals surface area contributed by atoms with Crippen LogP contribution >= 0.6 is 22.7 Å². The molecule has 0 radical (unpaired) electrons. The average Bonchev–Trinajstić information content (AvgIpc) is 3.06. The first-order valence-electron chi connectivity index (χ1n) is 7.70. The summed E-state index contributed by atoms with van der Waals surface area (Å²) in [7, 11) is 0. The van der Waals surface area contributed by atoms with Gasteiger partial charge in [0.05, 0.1) is 10.6 Å². The van der Waals surface area contributed by atoms with Crippen molar-refractivity contribution in [1.29, 1.82) is 0 Å². The van der Waals surface area contributed by atoms with E-state index >= 15 is 0 Å². The minimum atomic E-state index is 0.801. The fourth-order valence-corrected chi connectivity index (χ4v) is 4.30. The number of aromatic nitrogens is 1. The molecule has 0 unspecified atom stereocenters. The van der Waals surface area contributed by atoms with E-state index in [1.165, 1.54) is 42.0 Å². The van der Waals surface area contributed by atoms with Crippen LogP contribution in [0.3, 0.4) is 0 Å². The molecule has 2 aromatic heterocycles. The quantitative estimate of drug-likeness (QED) is 0.730. The Morgan fingerprint density at radius 2 is 1.95 bits per heavy atom. The van der Waals surface area contributed by atoms with Gasteiger partial charge in [-0.3, -0.25) is 4.99 Å². The van der Waals surface area contributed by atoms with Gasteiger partial charge in [-0.05, 0) is 44.1 Å². The third kappa shape index (κ3) is 3.52. The Hall–Kier alpha value is -1.20. The summed E-state index contributed by atoms with van der Waals surface area (Å²) < 4.78 is 2.07. The molecule has 1 fully saturated rings. The number of nitrogens with zero attached hydrogens (tertiary/aromatic N) is 3. The van der Waals surface area contributed by atoms with Gasteiger partial charge in [0.1, 0.15) is 0 Å². The lowest BCUT2D eigenvalue weighted by Gasteiger charge is -2.05. The molecule has 1 aliphatic carbocycles. The number of hydrogen-bond donors (Lipinski definition) is 0. The molecule has 0 N–H and O–H groups in total. The van der Waals surface area contributed by atoms with Gasteiger partial charge in [0.25, 0.3) is 0 Å². The molecule has 0 aromatic carbocycles. The molecular formula is C16H21N3S2. The minimum absolute atomic E-state index is 0.801. The van der Waals surface area contributed by atoms with Crippen molar-refractivity contribution >= 4 is 28.4 Å². The Morgan fingerprint density at radius 3 is 2.62 bits per heavy atom. The van der Waals surface area contributed by atoms with E-state index in [0.717, 1.165) is 24.2 Å². The maximum Gasteiger partial charge on any atom is 0.206 e. The third-order valence-corrected chi connectivity index (χ3v) is 5.42. The van der Waals surface area contributed by atoms with Crippen molar-refractivity contribution in [2.75, 3.05) is 6.54 Å². The molecule has 0 atom stereocenters. The van der Waals surface area contributed by atoms with Gasteiger partial charge in [0.15, 0.2) is 0 Å². The van der Waals surface area contributed by atoms with Crippen LogP contribution in [0.15, 0.2) is 33.0 Å². The van der Waals surface area contributed by atoms with Crippen LogP contribution in [0.1, 0.15) is 45.4 Å². The Labute approximate surface area is 133 Å². The summed E-state index contributed by atoms with van der Waals surface area (Å²) in [5.74, 6) is 0. The molecule has 0 saturated heterocycles. The van der Waals surface area contributed by atoms with Crippen molar-refractivity contribution in [2.24, 2.45) is 10.1 Å². The smallest absolute Gasteiger partial charge is 0.206 e. The van der Waals surface area contributed by atoms with Crippen LogP contribution in [0.2, 0.25) is 0 Å². The van der Waals surface area contributed by atoms with E-state index < -0.39 is 0 Å². The van der Waals surface area contributed by atoms with E-state index in [0.29, 0.717) is 0 Å². The molecule has 2 aromatic rings. The predicted molar refractivity (Wildman–Crippen MR) is 92.3 cm³/mol. The Kier molecular flexibility index (Phi) is 5.04. The van der Waals surface area contributed by atoms with E-state index in [2.05, 4.69) is 39.5 Å². The zero-order valence-corrected chi connectivity index (χ0v) is 14.1. The molecule has 3 rings (SSSR count). The van der Waals surface area contributed by atoms with E-state index in [1.54, 1.807) is 22.7 Å². The Balaban J connectivity index is 2.04. The molecule has 2 heterocycles. The number of hydrogen-bond acceptors (Lipinski definition) is 4. The summed E-state index contributed by atoms with van der Waals surface area (Å²) in [5, 5.41) is 9.27. The molecule has 3 nitrogen and oxygen atoms in total. The highest BCUT2D eigenvalue weighted by molar-refractivity contribution is 7.14. The van der Waals surface area contributed by atoms with Crippen molar-refractivity contribution in [3.63, 3.8) is 0 Å². The second-order valence-corrected chi connectivity index (χ2v) is 7.03. The molecule has 5 heteroatoms. The maximum absolute atomic E-state index is 4.97. The van der Waals surface area contributed by atoms with Crippen molar-refractivity contribution in [1.82, 2.24) is 4.68 Å². The molecule has 0 bridgehead atoms. The molecule has 21 heavy (non-hydrogen) atoms. The standard InChI is InChI=1S/C16H21N3S2/c1-2-17-16-19(18-13-8-5-3-4-6-9-13)14(12-21-16)15-10-7-11-20-15/h7,10-12H,2-6,8-9H2,1H3. The van der Waals surface area contributed by atoms with Crippen LogP contribution in [-0.4, -0.2) is 16.9 Å². The molecule has 0 amide bonds. The van der Waals surface area contributed by atoms with Crippen LogP contribution in [0.4, 0.5) is 0 Å². The predicted octanol–water partition coefficient (Wildman–Crippen LogP) is 4.76. The second kappa shape index (κ2) is 7.18. The van der Waals surface area contributed by atoms with Gasteiger partial charge in [-0.2, -0.15) is 5.10 Å². The summed E-state index contributed by atoms with van der Waals surface area (Å²) in [5.41, 5.74) is 2.51. The van der Waals surface area contributed by atoms with E-state index in [1.807, 2.05) is 0 Å². The third-order valence-electron chi connectivity index (χ3n) is 3.67. The van der Waals surface area contributed by atoms with Crippen LogP contribution < -0.4 is 4.80 Å². The minimum Gasteiger partial charge on any atom is -0.258 e. The van der Waals surface area contributed by atoms with Crippen molar-refractivity contribution in [3.05, 3.63) is 27.7 Å². The molecule has 0 aliphatic heterocycles. The number of rotatable bonds is 3. The Bertz CT molecular complexity index is 652. The van der Waals surface area contributed by atoms with Crippen LogP contribution in [0.25, 0.3) is 10.6 Å². The first-order chi connectivity index (χ1) is 10.4. The van der Waals surface area contributed by atoms with E-state index in [4.69, 9.17) is 5.10 Å². The van der Waals surface area contributed by atoms with Gasteiger partial charge in [0, 0.05) is 17.6 Å². The largest absolute Gasteiger partial charge is 0.258 e. The summed E-state index contributed by atoms with van der Waals surface area (Å²) in [4.78, 5) is 6.88. The van der Waals surface area contributed by atoms with E-state index in [9.17, 15) is 0 Å². The average molecular weight is 319 g/mol. The lowest BCUT2D eigenvalue weighted by Crippen LogP contribution is -2.14. The van der Waals surface area contributed by atoms with Gasteiger partial charge >= 0.3 is 0 Å². The SMILES string of the molecule is CCN=c1scc(-c2cccs2)n1N=C1CCCCCC1. The lowest BCUT2D eigenvalue weighted by atomic mass is 10.2.